The van der Waals surface area contributed by atoms with E-state index < -0.39 is 0 Å². The first kappa shape index (κ1) is 10.2. The molecule has 0 aromatic carbocycles. The van der Waals surface area contributed by atoms with Crippen LogP contribution in [0, 0.1) is 5.92 Å². The number of hydrogen-bond acceptors (Lipinski definition) is 2. The fourth-order valence-electron chi connectivity index (χ4n) is 1.89. The lowest BCUT2D eigenvalue weighted by molar-refractivity contribution is -0.125. The van der Waals surface area contributed by atoms with Crippen molar-refractivity contribution in [2.24, 2.45) is 5.92 Å². The molecule has 1 aliphatic heterocycles. The molecule has 2 heterocycles. The summed E-state index contributed by atoms with van der Waals surface area (Å²) < 4.78 is 0. The molecule has 0 saturated carbocycles. The van der Waals surface area contributed by atoms with Crippen LogP contribution in [0.15, 0.2) is 18.5 Å². The smallest absolute Gasteiger partial charge is 0.223 e. The second kappa shape index (κ2) is 4.98. The maximum absolute atomic E-state index is 11.7. The third-order valence-electron chi connectivity index (χ3n) is 2.84. The van der Waals surface area contributed by atoms with E-state index in [2.05, 4.69) is 15.6 Å². The third kappa shape index (κ3) is 2.83. The van der Waals surface area contributed by atoms with Crippen molar-refractivity contribution in [3.8, 4) is 0 Å². The van der Waals surface area contributed by atoms with Crippen molar-refractivity contribution >= 4 is 5.91 Å². The number of nitrogens with one attached hydrogen (secondary N) is 3. The zero-order chi connectivity index (χ0) is 10.5. The Kier molecular flexibility index (Phi) is 3.40. The minimum absolute atomic E-state index is 0.192. The monoisotopic (exact) mass is 207 g/mol. The average molecular weight is 207 g/mol. The molecule has 1 aliphatic rings. The van der Waals surface area contributed by atoms with Crippen LogP contribution in [0.5, 0.6) is 0 Å². The molecule has 1 aromatic rings. The quantitative estimate of drug-likeness (QED) is 0.681. The van der Waals surface area contributed by atoms with E-state index >= 15 is 0 Å². The standard InChI is InChI=1S/C11H17N3O/c15-11(10-2-5-12-6-3-10)14-8-9-1-4-13-7-9/h1,4,7,10,12-13H,2-3,5-6,8H2,(H,14,15). The first-order valence-corrected chi connectivity index (χ1v) is 5.46. The highest BCUT2D eigenvalue weighted by Gasteiger charge is 2.20. The van der Waals surface area contributed by atoms with Gasteiger partial charge in [-0.1, -0.05) is 0 Å². The molecule has 1 saturated heterocycles. The lowest BCUT2D eigenvalue weighted by Gasteiger charge is -2.21. The molecular formula is C11H17N3O. The normalized spacial score (nSPS) is 17.6. The molecule has 1 amide bonds. The molecule has 1 aromatic heterocycles. The van der Waals surface area contributed by atoms with Gasteiger partial charge in [0.05, 0.1) is 0 Å². The number of carbonyl (C=O) groups excluding carboxylic acids is 1. The van der Waals surface area contributed by atoms with E-state index in [4.69, 9.17) is 0 Å². The Bertz CT molecular complexity index is 302. The van der Waals surface area contributed by atoms with Gasteiger partial charge < -0.3 is 15.6 Å². The summed E-state index contributed by atoms with van der Waals surface area (Å²) >= 11 is 0. The Morgan fingerprint density at radius 1 is 1.47 bits per heavy atom. The van der Waals surface area contributed by atoms with Gasteiger partial charge in [-0.15, -0.1) is 0 Å². The molecule has 0 radical (unpaired) electrons. The summed E-state index contributed by atoms with van der Waals surface area (Å²) in [4.78, 5) is 14.7. The fourth-order valence-corrected chi connectivity index (χ4v) is 1.89. The Hall–Kier alpha value is -1.29. The molecule has 82 valence electrons. The number of aromatic amines is 1. The summed E-state index contributed by atoms with van der Waals surface area (Å²) in [6, 6.07) is 1.97. The van der Waals surface area contributed by atoms with Gasteiger partial charge in [0.1, 0.15) is 0 Å². The van der Waals surface area contributed by atoms with Crippen LogP contribution in [-0.2, 0) is 11.3 Å². The maximum atomic E-state index is 11.7. The minimum atomic E-state index is 0.192. The molecule has 4 heteroatoms. The summed E-state index contributed by atoms with van der Waals surface area (Å²) in [5.74, 6) is 0.392. The summed E-state index contributed by atoms with van der Waals surface area (Å²) in [6.45, 7) is 2.55. The second-order valence-corrected chi connectivity index (χ2v) is 3.96. The molecule has 1 fully saturated rings. The Morgan fingerprint density at radius 2 is 2.27 bits per heavy atom. The SMILES string of the molecule is O=C(NCc1cc[nH]c1)C1CCNCC1. The molecule has 0 bridgehead atoms. The van der Waals surface area contributed by atoms with Crippen molar-refractivity contribution in [1.82, 2.24) is 15.6 Å². The van der Waals surface area contributed by atoms with E-state index in [1.807, 2.05) is 18.5 Å². The largest absolute Gasteiger partial charge is 0.367 e. The van der Waals surface area contributed by atoms with Gasteiger partial charge in [-0.2, -0.15) is 0 Å². The van der Waals surface area contributed by atoms with Crippen LogP contribution in [0.25, 0.3) is 0 Å². The molecule has 15 heavy (non-hydrogen) atoms. The van der Waals surface area contributed by atoms with Gasteiger partial charge in [0.25, 0.3) is 0 Å². The van der Waals surface area contributed by atoms with Crippen molar-refractivity contribution in [2.45, 2.75) is 19.4 Å². The van der Waals surface area contributed by atoms with Gasteiger partial charge in [0.2, 0.25) is 5.91 Å². The summed E-state index contributed by atoms with van der Waals surface area (Å²) in [5, 5.41) is 6.22. The Balaban J connectivity index is 1.76. The van der Waals surface area contributed by atoms with Crippen LogP contribution in [0.3, 0.4) is 0 Å². The molecule has 2 rings (SSSR count). The van der Waals surface area contributed by atoms with E-state index in [1.165, 1.54) is 0 Å². The highest BCUT2D eigenvalue weighted by Crippen LogP contribution is 2.11. The van der Waals surface area contributed by atoms with E-state index in [-0.39, 0.29) is 11.8 Å². The molecule has 0 atom stereocenters. The predicted octanol–water partition coefficient (Wildman–Crippen LogP) is 0.630. The Morgan fingerprint density at radius 3 is 2.93 bits per heavy atom. The lowest BCUT2D eigenvalue weighted by atomic mass is 9.97. The van der Waals surface area contributed by atoms with Crippen molar-refractivity contribution in [1.29, 1.82) is 0 Å². The average Bonchev–Trinajstić information content (AvgIpc) is 2.80. The summed E-state index contributed by atoms with van der Waals surface area (Å²) in [5.41, 5.74) is 1.12. The summed E-state index contributed by atoms with van der Waals surface area (Å²) in [6.07, 6.45) is 5.69. The molecule has 4 nitrogen and oxygen atoms in total. The molecule has 0 aliphatic carbocycles. The van der Waals surface area contributed by atoms with Crippen LogP contribution in [-0.4, -0.2) is 24.0 Å². The van der Waals surface area contributed by atoms with Crippen LogP contribution in [0.1, 0.15) is 18.4 Å². The number of piperidine rings is 1. The minimum Gasteiger partial charge on any atom is -0.367 e. The van der Waals surface area contributed by atoms with Gasteiger partial charge in [0, 0.05) is 24.9 Å². The number of carbonyl (C=O) groups is 1. The van der Waals surface area contributed by atoms with Crippen molar-refractivity contribution < 1.29 is 4.79 Å². The Labute approximate surface area is 89.5 Å². The zero-order valence-corrected chi connectivity index (χ0v) is 8.75. The first-order valence-electron chi connectivity index (χ1n) is 5.46. The number of hydrogen-bond donors (Lipinski definition) is 3. The number of aromatic nitrogens is 1. The van der Waals surface area contributed by atoms with E-state index in [9.17, 15) is 4.79 Å². The molecule has 3 N–H and O–H groups in total. The van der Waals surface area contributed by atoms with Crippen molar-refractivity contribution in [3.63, 3.8) is 0 Å². The molecule has 0 unspecified atom stereocenters. The maximum Gasteiger partial charge on any atom is 0.223 e. The first-order chi connectivity index (χ1) is 7.36. The van der Waals surface area contributed by atoms with Crippen molar-refractivity contribution in [2.75, 3.05) is 13.1 Å². The zero-order valence-electron chi connectivity index (χ0n) is 8.75. The van der Waals surface area contributed by atoms with Crippen LogP contribution in [0.4, 0.5) is 0 Å². The van der Waals surface area contributed by atoms with Crippen molar-refractivity contribution in [3.05, 3.63) is 24.0 Å². The van der Waals surface area contributed by atoms with Gasteiger partial charge >= 0.3 is 0 Å². The van der Waals surface area contributed by atoms with E-state index in [0.29, 0.717) is 6.54 Å². The van der Waals surface area contributed by atoms with E-state index in [0.717, 1.165) is 31.5 Å². The highest BCUT2D eigenvalue weighted by atomic mass is 16.1. The fraction of sp³-hybridized carbons (Fsp3) is 0.545. The second-order valence-electron chi connectivity index (χ2n) is 3.96. The highest BCUT2D eigenvalue weighted by molar-refractivity contribution is 5.78. The number of rotatable bonds is 3. The molecule has 0 spiro atoms. The van der Waals surface area contributed by atoms with Gasteiger partial charge in [-0.3, -0.25) is 4.79 Å². The van der Waals surface area contributed by atoms with Crippen LogP contribution in [0.2, 0.25) is 0 Å². The summed E-state index contributed by atoms with van der Waals surface area (Å²) in [7, 11) is 0. The third-order valence-corrected chi connectivity index (χ3v) is 2.84. The van der Waals surface area contributed by atoms with Crippen LogP contribution >= 0.6 is 0 Å². The predicted molar refractivity (Wildman–Crippen MR) is 58.2 cm³/mol. The molecular weight excluding hydrogens is 190 g/mol. The van der Waals surface area contributed by atoms with Gasteiger partial charge in [0.15, 0.2) is 0 Å². The van der Waals surface area contributed by atoms with E-state index in [1.54, 1.807) is 0 Å². The number of H-pyrrole nitrogens is 1. The van der Waals surface area contributed by atoms with Gasteiger partial charge in [-0.05, 0) is 37.6 Å². The topological polar surface area (TPSA) is 56.9 Å². The van der Waals surface area contributed by atoms with Crippen LogP contribution < -0.4 is 10.6 Å². The lowest BCUT2D eigenvalue weighted by Crippen LogP contribution is -2.37. The number of amides is 1. The van der Waals surface area contributed by atoms with Gasteiger partial charge in [-0.25, -0.2) is 0 Å².